The van der Waals surface area contributed by atoms with Crippen LogP contribution in [-0.2, 0) is 14.4 Å². The van der Waals surface area contributed by atoms with Crippen LogP contribution in [0.1, 0.15) is 27.6 Å². The third kappa shape index (κ3) is 8.61. The minimum Gasteiger partial charge on any atom is -0.507 e. The standard InChI is InChI=1S/C40H30N12O8/c1-21-33(37(55)51(49-21)29-6-2-4-23(41)18-29)47-46-27-5-3-7-30(19-27)52-38(56)34(35(50-52)40(59)60)48-44-25-10-8-22(9-11-25)36(54)42-24-12-14-26(15-13-24)43-45-28-16-17-32(53)31(20-28)39(57)58/h2-20,33-34,53H,41H2,1H3,(H,42,54)(H,57,58)(H,59,60). The number of rotatable bonds is 12. The molecule has 2 aliphatic heterocycles. The summed E-state index contributed by atoms with van der Waals surface area (Å²) < 4.78 is 0. The van der Waals surface area contributed by atoms with Gasteiger partial charge in [-0.05, 0) is 110 Å². The molecule has 2 heterocycles. The van der Waals surface area contributed by atoms with Gasteiger partial charge in [-0.15, -0.1) is 0 Å². The van der Waals surface area contributed by atoms with Crippen molar-refractivity contribution in [2.45, 2.75) is 19.0 Å². The van der Waals surface area contributed by atoms with Crippen molar-refractivity contribution >= 4 is 86.6 Å². The second kappa shape index (κ2) is 16.7. The van der Waals surface area contributed by atoms with Gasteiger partial charge < -0.3 is 26.4 Å². The fourth-order valence-corrected chi connectivity index (χ4v) is 5.73. The first-order valence-electron chi connectivity index (χ1n) is 17.7. The SMILES string of the molecule is CC1=NN(c2cccc(N)c2)C(=O)C1N=Nc1cccc(N2N=C(C(=O)O)C(N=Nc3ccc(C(=O)Nc4ccc(N=Nc5ccc(O)c(C(=O)O)c5)cc4)cc3)C2=O)c1. The molecular weight excluding hydrogens is 777 g/mol. The average Bonchev–Trinajstić information content (AvgIpc) is 3.73. The molecule has 20 nitrogen and oxygen atoms in total. The fourth-order valence-electron chi connectivity index (χ4n) is 5.73. The molecule has 0 saturated carbocycles. The van der Waals surface area contributed by atoms with Crippen LogP contribution in [0.25, 0.3) is 0 Å². The molecule has 0 radical (unpaired) electrons. The Morgan fingerprint density at radius 2 is 1.22 bits per heavy atom. The summed E-state index contributed by atoms with van der Waals surface area (Å²) in [5.74, 6) is -4.88. The van der Waals surface area contributed by atoms with Gasteiger partial charge in [0.15, 0.2) is 11.8 Å². The summed E-state index contributed by atoms with van der Waals surface area (Å²) >= 11 is 0. The third-order valence-corrected chi connectivity index (χ3v) is 8.74. The number of nitrogens with one attached hydrogen (secondary N) is 1. The van der Waals surface area contributed by atoms with Crippen LogP contribution in [0.3, 0.4) is 0 Å². The van der Waals surface area contributed by atoms with Crippen molar-refractivity contribution in [2.75, 3.05) is 21.1 Å². The van der Waals surface area contributed by atoms with Gasteiger partial charge in [0.2, 0.25) is 6.04 Å². The number of carbonyl (C=O) groups excluding carboxylic acids is 3. The fraction of sp³-hybridized carbons (Fsp3) is 0.0750. The van der Waals surface area contributed by atoms with Crippen molar-refractivity contribution in [1.82, 2.24) is 0 Å². The average molecular weight is 807 g/mol. The lowest BCUT2D eigenvalue weighted by Crippen LogP contribution is -2.33. The third-order valence-electron chi connectivity index (χ3n) is 8.74. The van der Waals surface area contributed by atoms with E-state index in [4.69, 9.17) is 10.8 Å². The number of amides is 3. The lowest BCUT2D eigenvalue weighted by molar-refractivity contribution is -0.130. The normalized spacial score (nSPS) is 16.6. The molecule has 5 aromatic carbocycles. The maximum absolute atomic E-state index is 13.5. The van der Waals surface area contributed by atoms with E-state index in [1.54, 1.807) is 67.6 Å². The van der Waals surface area contributed by atoms with E-state index in [1.165, 1.54) is 59.6 Å². The predicted octanol–water partition coefficient (Wildman–Crippen LogP) is 7.16. The molecule has 0 saturated heterocycles. The molecule has 3 amide bonds. The number of nitrogens with zero attached hydrogens (tertiary/aromatic N) is 10. The topological polar surface area (TPSA) is 289 Å². The maximum atomic E-state index is 13.5. The number of carbonyl (C=O) groups is 5. The number of hydrazone groups is 2. The molecule has 0 aromatic heterocycles. The summed E-state index contributed by atoms with van der Waals surface area (Å²) in [6.45, 7) is 1.64. The molecule has 0 bridgehead atoms. The second-order valence-electron chi connectivity index (χ2n) is 12.9. The van der Waals surface area contributed by atoms with Crippen LogP contribution in [0, 0.1) is 0 Å². The highest BCUT2D eigenvalue weighted by Crippen LogP contribution is 2.30. The number of aromatic hydroxyl groups is 1. The molecule has 0 spiro atoms. The van der Waals surface area contributed by atoms with Gasteiger partial charge in [-0.25, -0.2) is 9.59 Å². The highest BCUT2D eigenvalue weighted by Gasteiger charge is 2.41. The molecule has 2 aliphatic rings. The van der Waals surface area contributed by atoms with E-state index in [0.29, 0.717) is 28.5 Å². The number of phenols is 1. The quantitative estimate of drug-likeness (QED) is 0.0630. The van der Waals surface area contributed by atoms with Crippen molar-refractivity contribution in [3.8, 4) is 5.75 Å². The van der Waals surface area contributed by atoms with Crippen molar-refractivity contribution in [3.05, 3.63) is 126 Å². The number of benzene rings is 5. The molecule has 0 fully saturated rings. The van der Waals surface area contributed by atoms with Gasteiger partial charge in [-0.3, -0.25) is 14.4 Å². The van der Waals surface area contributed by atoms with Crippen molar-refractivity contribution in [1.29, 1.82) is 0 Å². The Morgan fingerprint density at radius 3 is 1.92 bits per heavy atom. The molecule has 2 unspecified atom stereocenters. The summed E-state index contributed by atoms with van der Waals surface area (Å²) in [4.78, 5) is 62.8. The molecule has 5 aromatic rings. The monoisotopic (exact) mass is 806 g/mol. The number of hydrogen-bond donors (Lipinski definition) is 5. The van der Waals surface area contributed by atoms with Crippen LogP contribution < -0.4 is 21.1 Å². The number of carboxylic acids is 2. The summed E-state index contributed by atoms with van der Waals surface area (Å²) in [5, 5.41) is 66.2. The van der Waals surface area contributed by atoms with E-state index in [9.17, 15) is 34.2 Å². The molecule has 0 aliphatic carbocycles. The number of nitrogens with two attached hydrogens (primary N) is 1. The van der Waals surface area contributed by atoms with Crippen LogP contribution in [0.4, 0.5) is 45.5 Å². The first-order valence-corrected chi connectivity index (χ1v) is 17.7. The molecule has 7 rings (SSSR count). The zero-order chi connectivity index (χ0) is 42.5. The number of carboxylic acid groups (broad SMARTS) is 2. The minimum absolute atomic E-state index is 0.164. The van der Waals surface area contributed by atoms with E-state index < -0.39 is 53.2 Å². The number of hydrogen-bond acceptors (Lipinski definition) is 15. The van der Waals surface area contributed by atoms with Crippen molar-refractivity contribution in [3.63, 3.8) is 0 Å². The lowest BCUT2D eigenvalue weighted by atomic mass is 10.2. The van der Waals surface area contributed by atoms with Gasteiger partial charge in [-0.1, -0.05) is 12.1 Å². The summed E-state index contributed by atoms with van der Waals surface area (Å²) in [5.41, 5.74) is 8.26. The molecule has 6 N–H and O–H groups in total. The Labute approximate surface area is 338 Å². The van der Waals surface area contributed by atoms with Gasteiger partial charge in [-0.2, -0.15) is 50.9 Å². The zero-order valence-electron chi connectivity index (χ0n) is 31.1. The van der Waals surface area contributed by atoms with Crippen LogP contribution in [0.15, 0.2) is 156 Å². The molecule has 2 atom stereocenters. The van der Waals surface area contributed by atoms with E-state index >= 15 is 0 Å². The van der Waals surface area contributed by atoms with Gasteiger partial charge >= 0.3 is 11.9 Å². The summed E-state index contributed by atoms with van der Waals surface area (Å²) in [7, 11) is 0. The number of aliphatic carboxylic acids is 1. The Kier molecular flexibility index (Phi) is 11.0. The largest absolute Gasteiger partial charge is 0.507 e. The van der Waals surface area contributed by atoms with Gasteiger partial charge in [0.25, 0.3) is 17.7 Å². The van der Waals surface area contributed by atoms with E-state index in [0.717, 1.165) is 5.01 Å². The molecule has 298 valence electrons. The highest BCUT2D eigenvalue weighted by atomic mass is 16.4. The number of aromatic carboxylic acids is 1. The minimum atomic E-state index is -1.59. The Morgan fingerprint density at radius 1 is 0.650 bits per heavy atom. The first-order chi connectivity index (χ1) is 28.8. The lowest BCUT2D eigenvalue weighted by Gasteiger charge is -2.13. The second-order valence-corrected chi connectivity index (χ2v) is 12.9. The van der Waals surface area contributed by atoms with E-state index in [2.05, 4.69) is 46.2 Å². The van der Waals surface area contributed by atoms with Crippen LogP contribution in [0.2, 0.25) is 0 Å². The summed E-state index contributed by atoms with van der Waals surface area (Å²) in [6, 6.07) is 26.1. The van der Waals surface area contributed by atoms with Crippen molar-refractivity contribution in [2.24, 2.45) is 40.9 Å². The molecular formula is C40H30N12O8. The Bertz CT molecular complexity index is 2710. The van der Waals surface area contributed by atoms with Crippen LogP contribution >= 0.6 is 0 Å². The van der Waals surface area contributed by atoms with Gasteiger partial charge in [0.05, 0.1) is 39.8 Å². The van der Waals surface area contributed by atoms with E-state index in [-0.39, 0.29) is 33.9 Å². The first kappa shape index (κ1) is 39.4. The van der Waals surface area contributed by atoms with E-state index in [1.807, 2.05) is 0 Å². The Hall–Kier alpha value is -8.81. The molecule has 60 heavy (non-hydrogen) atoms. The number of nitrogen functional groups attached to an aromatic ring is 1. The predicted molar refractivity (Wildman–Crippen MR) is 217 cm³/mol. The van der Waals surface area contributed by atoms with Crippen molar-refractivity contribution < 1.29 is 39.3 Å². The molecule has 20 heteroatoms. The van der Waals surface area contributed by atoms with Crippen LogP contribution in [-0.4, -0.2) is 68.5 Å². The smallest absolute Gasteiger partial charge is 0.355 e. The summed E-state index contributed by atoms with van der Waals surface area (Å²) in [6.07, 6.45) is 0. The van der Waals surface area contributed by atoms with Crippen LogP contribution in [0.5, 0.6) is 5.75 Å². The zero-order valence-corrected chi connectivity index (χ0v) is 31.1. The number of anilines is 4. The number of azo groups is 3. The van der Waals surface area contributed by atoms with Gasteiger partial charge in [0, 0.05) is 16.9 Å². The Balaban J connectivity index is 0.971. The van der Waals surface area contributed by atoms with Gasteiger partial charge in [0.1, 0.15) is 11.3 Å². The highest BCUT2D eigenvalue weighted by molar-refractivity contribution is 6.45. The maximum Gasteiger partial charge on any atom is 0.355 e.